The molecule has 3 heterocycles. The Balaban J connectivity index is 1.42. The van der Waals surface area contributed by atoms with Crippen molar-refractivity contribution in [3.63, 3.8) is 0 Å². The Kier molecular flexibility index (Phi) is 5.38. The van der Waals surface area contributed by atoms with E-state index in [1.165, 1.54) is 42.1 Å². The van der Waals surface area contributed by atoms with Gasteiger partial charge in [-0.15, -0.1) is 0 Å². The molecule has 0 unspecified atom stereocenters. The number of hydrogen-bond donors (Lipinski definition) is 2. The van der Waals surface area contributed by atoms with Gasteiger partial charge >= 0.3 is 6.18 Å². The highest BCUT2D eigenvalue weighted by Gasteiger charge is 2.60. The first kappa shape index (κ1) is 25.4. The fraction of sp³-hybridized carbons (Fsp3) is 0.276. The molecule has 3 saturated carbocycles. The molecule has 2 aromatic carbocycles. The Hall–Kier alpha value is -4.61. The molecule has 41 heavy (non-hydrogen) atoms. The minimum absolute atomic E-state index is 0.0810. The van der Waals surface area contributed by atoms with Gasteiger partial charge in [0.2, 0.25) is 5.71 Å². The van der Waals surface area contributed by atoms with Crippen molar-refractivity contribution in [2.45, 2.75) is 31.0 Å². The summed E-state index contributed by atoms with van der Waals surface area (Å²) >= 11 is 0. The molecule has 5 aromatic rings. The highest BCUT2D eigenvalue weighted by molar-refractivity contribution is 6.11. The van der Waals surface area contributed by atoms with Crippen molar-refractivity contribution in [3.8, 4) is 22.5 Å². The topological polar surface area (TPSA) is 102 Å². The maximum atomic E-state index is 13.6. The Bertz CT molecular complexity index is 1900. The molecule has 8 nitrogen and oxygen atoms in total. The van der Waals surface area contributed by atoms with Crippen LogP contribution in [0.3, 0.4) is 0 Å². The summed E-state index contributed by atoms with van der Waals surface area (Å²) in [5.74, 6) is -0.473. The standard InChI is InChI=1S/C29H22F4N4O4/c1-34-25(38)22-20-9-18(16-4-7-21-19(8-16)27(39)37(41-21)28-10-14(11-28)12-28)24(35-13-29(31,32)33)36-26(20)40-23(22)15-2-5-17(30)6-3-15/h2-9,14H,10-13H2,1H3,(H,34,38)(H,35,36). The summed E-state index contributed by atoms with van der Waals surface area (Å²) in [6.45, 7) is -1.38. The third-order valence-electron chi connectivity index (χ3n) is 8.03. The van der Waals surface area contributed by atoms with Gasteiger partial charge in [0.05, 0.1) is 21.9 Å². The van der Waals surface area contributed by atoms with Gasteiger partial charge < -0.3 is 19.6 Å². The molecule has 2 bridgehead atoms. The van der Waals surface area contributed by atoms with Gasteiger partial charge in [-0.3, -0.25) is 9.59 Å². The van der Waals surface area contributed by atoms with Crippen LogP contribution in [0.15, 0.2) is 62.3 Å². The quantitative estimate of drug-likeness (QED) is 0.243. The number of furan rings is 1. The number of amides is 1. The minimum Gasteiger partial charge on any atom is -0.437 e. The minimum atomic E-state index is -4.55. The van der Waals surface area contributed by atoms with Crippen LogP contribution in [0, 0.1) is 11.7 Å². The monoisotopic (exact) mass is 566 g/mol. The van der Waals surface area contributed by atoms with Gasteiger partial charge in [-0.1, -0.05) is 6.07 Å². The van der Waals surface area contributed by atoms with Crippen LogP contribution in [0.5, 0.6) is 0 Å². The van der Waals surface area contributed by atoms with Gasteiger partial charge in [-0.25, -0.2) is 4.39 Å². The van der Waals surface area contributed by atoms with E-state index in [2.05, 4.69) is 15.6 Å². The Morgan fingerprint density at radius 1 is 1.07 bits per heavy atom. The van der Waals surface area contributed by atoms with Crippen molar-refractivity contribution < 1.29 is 31.3 Å². The van der Waals surface area contributed by atoms with E-state index in [4.69, 9.17) is 8.94 Å². The smallest absolute Gasteiger partial charge is 0.405 e. The number of pyridine rings is 1. The van der Waals surface area contributed by atoms with Gasteiger partial charge in [0.15, 0.2) is 5.58 Å². The van der Waals surface area contributed by atoms with E-state index in [0.29, 0.717) is 28.0 Å². The maximum absolute atomic E-state index is 13.6. The van der Waals surface area contributed by atoms with Crippen LogP contribution in [0.25, 0.3) is 44.5 Å². The maximum Gasteiger partial charge on any atom is 0.405 e. The molecular weight excluding hydrogens is 544 g/mol. The summed E-state index contributed by atoms with van der Waals surface area (Å²) < 4.78 is 66.5. The molecule has 0 atom stereocenters. The second-order valence-corrected chi connectivity index (χ2v) is 10.7. The number of fused-ring (bicyclic) bond motifs is 2. The van der Waals surface area contributed by atoms with Crippen molar-refractivity contribution in [1.82, 2.24) is 15.0 Å². The fourth-order valence-electron chi connectivity index (χ4n) is 5.90. The summed E-state index contributed by atoms with van der Waals surface area (Å²) in [6, 6.07) is 11.5. The molecule has 8 rings (SSSR count). The summed E-state index contributed by atoms with van der Waals surface area (Å²) in [7, 11) is 1.42. The van der Waals surface area contributed by atoms with E-state index in [1.807, 2.05) is 0 Å². The van der Waals surface area contributed by atoms with Crippen LogP contribution in [0.1, 0.15) is 29.6 Å². The molecule has 2 N–H and O–H groups in total. The van der Waals surface area contributed by atoms with Crippen molar-refractivity contribution in [2.24, 2.45) is 5.92 Å². The van der Waals surface area contributed by atoms with Crippen molar-refractivity contribution in [3.05, 3.63) is 70.3 Å². The van der Waals surface area contributed by atoms with Crippen LogP contribution >= 0.6 is 0 Å². The number of carbonyl (C=O) groups excluding carboxylic acids is 1. The van der Waals surface area contributed by atoms with Crippen LogP contribution in [-0.2, 0) is 5.54 Å². The lowest BCUT2D eigenvalue weighted by Gasteiger charge is -2.60. The third-order valence-corrected chi connectivity index (χ3v) is 8.03. The number of hydrogen-bond acceptors (Lipinski definition) is 6. The van der Waals surface area contributed by atoms with Gasteiger partial charge in [0.25, 0.3) is 11.5 Å². The fourth-order valence-corrected chi connectivity index (χ4v) is 5.90. The van der Waals surface area contributed by atoms with Gasteiger partial charge in [-0.2, -0.15) is 22.9 Å². The highest BCUT2D eigenvalue weighted by Crippen LogP contribution is 2.62. The lowest BCUT2D eigenvalue weighted by molar-refractivity contribution is -0.134. The predicted octanol–water partition coefficient (Wildman–Crippen LogP) is 6.05. The summed E-state index contributed by atoms with van der Waals surface area (Å²) in [6.07, 6.45) is -1.87. The lowest BCUT2D eigenvalue weighted by Crippen LogP contribution is -2.61. The van der Waals surface area contributed by atoms with Crippen LogP contribution < -0.4 is 16.2 Å². The van der Waals surface area contributed by atoms with E-state index in [9.17, 15) is 27.2 Å². The molecule has 0 radical (unpaired) electrons. The Labute approximate surface area is 228 Å². The Morgan fingerprint density at radius 3 is 2.41 bits per heavy atom. The van der Waals surface area contributed by atoms with Crippen LogP contribution in [0.2, 0.25) is 0 Å². The third kappa shape index (κ3) is 3.99. The van der Waals surface area contributed by atoms with Gasteiger partial charge in [-0.05, 0) is 73.2 Å². The molecule has 12 heteroatoms. The molecule has 0 spiro atoms. The molecule has 3 aliphatic carbocycles. The van der Waals surface area contributed by atoms with E-state index in [1.54, 1.807) is 18.2 Å². The molecule has 3 aliphatic rings. The number of halogens is 4. The number of benzene rings is 2. The average molecular weight is 567 g/mol. The van der Waals surface area contributed by atoms with E-state index in [0.717, 1.165) is 19.3 Å². The second kappa shape index (κ2) is 8.69. The SMILES string of the molecule is CNC(=O)c1c(-c2ccc(F)cc2)oc2nc(NCC(F)(F)F)c(-c3ccc4on(C56CC(C5)C6)c(=O)c4c3)cc12. The molecular formula is C29H22F4N4O4. The molecule has 3 fully saturated rings. The van der Waals surface area contributed by atoms with Crippen molar-refractivity contribution >= 4 is 33.8 Å². The first-order chi connectivity index (χ1) is 19.5. The number of alkyl halides is 3. The average Bonchev–Trinajstić information content (AvgIpc) is 3.42. The highest BCUT2D eigenvalue weighted by atomic mass is 19.4. The van der Waals surface area contributed by atoms with E-state index < -0.39 is 24.4 Å². The number of aromatic nitrogens is 2. The van der Waals surface area contributed by atoms with Crippen LogP contribution in [0.4, 0.5) is 23.4 Å². The second-order valence-electron chi connectivity index (χ2n) is 10.7. The number of nitrogens with one attached hydrogen (secondary N) is 2. The molecule has 210 valence electrons. The van der Waals surface area contributed by atoms with Crippen molar-refractivity contribution in [2.75, 3.05) is 18.9 Å². The molecule has 0 aliphatic heterocycles. The normalized spacial score (nSPS) is 19.7. The molecule has 0 saturated heterocycles. The number of rotatable bonds is 6. The van der Waals surface area contributed by atoms with Crippen LogP contribution in [-0.4, -0.2) is 35.4 Å². The predicted molar refractivity (Wildman–Crippen MR) is 142 cm³/mol. The number of carbonyl (C=O) groups is 1. The van der Waals surface area contributed by atoms with Gasteiger partial charge in [0, 0.05) is 18.2 Å². The van der Waals surface area contributed by atoms with Gasteiger partial charge in [0.1, 0.15) is 23.9 Å². The lowest BCUT2D eigenvalue weighted by atomic mass is 9.50. The Morgan fingerprint density at radius 2 is 1.78 bits per heavy atom. The summed E-state index contributed by atoms with van der Waals surface area (Å²) in [5.41, 5.74) is 0.777. The van der Waals surface area contributed by atoms with Crippen molar-refractivity contribution in [1.29, 1.82) is 0 Å². The van der Waals surface area contributed by atoms with E-state index in [-0.39, 0.29) is 44.9 Å². The number of anilines is 1. The summed E-state index contributed by atoms with van der Waals surface area (Å²) in [5, 5.41) is 5.39. The first-order valence-electron chi connectivity index (χ1n) is 13.0. The zero-order valence-corrected chi connectivity index (χ0v) is 21.6. The number of nitrogens with zero attached hydrogens (tertiary/aromatic N) is 2. The summed E-state index contributed by atoms with van der Waals surface area (Å²) in [4.78, 5) is 30.6. The first-order valence-corrected chi connectivity index (χ1v) is 13.0. The van der Waals surface area contributed by atoms with E-state index >= 15 is 0 Å². The zero-order valence-electron chi connectivity index (χ0n) is 21.6. The molecule has 3 aromatic heterocycles. The molecule has 1 amide bonds. The zero-order chi connectivity index (χ0) is 28.7. The largest absolute Gasteiger partial charge is 0.437 e.